The zero-order valence-corrected chi connectivity index (χ0v) is 10.1. The fourth-order valence-corrected chi connectivity index (χ4v) is 2.50. The van der Waals surface area contributed by atoms with Gasteiger partial charge < -0.3 is 9.30 Å². The van der Waals surface area contributed by atoms with Crippen LogP contribution in [-0.4, -0.2) is 11.7 Å². The van der Waals surface area contributed by atoms with Crippen molar-refractivity contribution in [3.05, 3.63) is 42.5 Å². The molecule has 0 unspecified atom stereocenters. The van der Waals surface area contributed by atoms with E-state index in [1.807, 2.05) is 6.07 Å². The molecule has 0 aliphatic rings. The van der Waals surface area contributed by atoms with E-state index in [2.05, 4.69) is 47.9 Å². The average molecular weight is 225 g/mol. The first kappa shape index (κ1) is 10.2. The zero-order valence-electron chi connectivity index (χ0n) is 10.1. The minimum Gasteiger partial charge on any atom is -0.497 e. The number of rotatable bonds is 2. The van der Waals surface area contributed by atoms with Gasteiger partial charge in [-0.15, -0.1) is 0 Å². The number of aromatic nitrogens is 1. The normalized spacial score (nSPS) is 11.2. The van der Waals surface area contributed by atoms with Crippen molar-refractivity contribution in [2.75, 3.05) is 7.11 Å². The predicted octanol–water partition coefficient (Wildman–Crippen LogP) is 3.82. The van der Waals surface area contributed by atoms with Gasteiger partial charge in [0.1, 0.15) is 5.75 Å². The van der Waals surface area contributed by atoms with Gasteiger partial charge in [0.15, 0.2) is 0 Å². The third-order valence-electron chi connectivity index (χ3n) is 3.30. The van der Waals surface area contributed by atoms with Crippen LogP contribution in [0.2, 0.25) is 0 Å². The fourth-order valence-electron chi connectivity index (χ4n) is 2.50. The largest absolute Gasteiger partial charge is 0.497 e. The summed E-state index contributed by atoms with van der Waals surface area (Å²) in [6, 6.07) is 14.8. The summed E-state index contributed by atoms with van der Waals surface area (Å²) >= 11 is 0. The van der Waals surface area contributed by atoms with Crippen LogP contribution in [0.25, 0.3) is 21.8 Å². The predicted molar refractivity (Wildman–Crippen MR) is 71.7 cm³/mol. The van der Waals surface area contributed by atoms with Crippen molar-refractivity contribution < 1.29 is 4.74 Å². The molecular weight excluding hydrogens is 210 g/mol. The second kappa shape index (κ2) is 3.81. The molecule has 0 fully saturated rings. The summed E-state index contributed by atoms with van der Waals surface area (Å²) in [5.74, 6) is 0.913. The van der Waals surface area contributed by atoms with Crippen LogP contribution in [0.5, 0.6) is 5.75 Å². The number of aryl methyl sites for hydroxylation is 1. The minimum atomic E-state index is 0.913. The Hall–Kier alpha value is -1.96. The lowest BCUT2D eigenvalue weighted by Crippen LogP contribution is -1.92. The van der Waals surface area contributed by atoms with E-state index in [0.29, 0.717) is 0 Å². The Balaban J connectivity index is 2.49. The Labute approximate surface area is 100 Å². The number of hydrogen-bond donors (Lipinski definition) is 0. The Kier molecular flexibility index (Phi) is 2.29. The minimum absolute atomic E-state index is 0.913. The highest BCUT2D eigenvalue weighted by atomic mass is 16.5. The van der Waals surface area contributed by atoms with Crippen molar-refractivity contribution in [2.45, 2.75) is 13.5 Å². The molecule has 17 heavy (non-hydrogen) atoms. The maximum absolute atomic E-state index is 5.30. The molecule has 0 amide bonds. The van der Waals surface area contributed by atoms with Gasteiger partial charge in [0, 0.05) is 28.4 Å². The quantitative estimate of drug-likeness (QED) is 0.646. The van der Waals surface area contributed by atoms with Gasteiger partial charge in [0.2, 0.25) is 0 Å². The third kappa shape index (κ3) is 1.41. The van der Waals surface area contributed by atoms with Crippen LogP contribution in [0, 0.1) is 0 Å². The molecule has 0 bridgehead atoms. The summed E-state index contributed by atoms with van der Waals surface area (Å²) in [7, 11) is 1.71. The van der Waals surface area contributed by atoms with E-state index in [1.54, 1.807) is 7.11 Å². The molecule has 2 aromatic carbocycles. The molecule has 0 atom stereocenters. The molecule has 0 spiro atoms. The molecule has 0 radical (unpaired) electrons. The molecule has 3 aromatic rings. The molecular formula is C15H15NO. The van der Waals surface area contributed by atoms with Crippen LogP contribution < -0.4 is 4.74 Å². The number of hydrogen-bond acceptors (Lipinski definition) is 1. The van der Waals surface area contributed by atoms with Gasteiger partial charge in [0.25, 0.3) is 0 Å². The first-order chi connectivity index (χ1) is 8.35. The van der Waals surface area contributed by atoms with Crippen molar-refractivity contribution >= 4 is 21.8 Å². The summed E-state index contributed by atoms with van der Waals surface area (Å²) in [5.41, 5.74) is 2.56. The molecule has 3 rings (SSSR count). The first-order valence-corrected chi connectivity index (χ1v) is 5.90. The number of methoxy groups -OCH3 is 1. The maximum Gasteiger partial charge on any atom is 0.119 e. The van der Waals surface area contributed by atoms with Crippen LogP contribution in [0.3, 0.4) is 0 Å². The Morgan fingerprint density at radius 3 is 2.53 bits per heavy atom. The van der Waals surface area contributed by atoms with E-state index in [0.717, 1.165) is 12.3 Å². The fraction of sp³-hybridized carbons (Fsp3) is 0.200. The summed E-state index contributed by atoms with van der Waals surface area (Å²) in [6.45, 7) is 3.16. The summed E-state index contributed by atoms with van der Waals surface area (Å²) in [4.78, 5) is 0. The number of benzene rings is 2. The van der Waals surface area contributed by atoms with Gasteiger partial charge >= 0.3 is 0 Å². The maximum atomic E-state index is 5.30. The molecule has 0 saturated carbocycles. The Bertz CT molecular complexity index is 682. The van der Waals surface area contributed by atoms with Crippen LogP contribution in [-0.2, 0) is 6.54 Å². The SMILES string of the molecule is CCn1c2ccccc2c2cc(OC)ccc21. The van der Waals surface area contributed by atoms with E-state index in [1.165, 1.54) is 21.8 Å². The summed E-state index contributed by atoms with van der Waals surface area (Å²) in [6.07, 6.45) is 0. The second-order valence-corrected chi connectivity index (χ2v) is 4.14. The van der Waals surface area contributed by atoms with Gasteiger partial charge in [-0.05, 0) is 31.2 Å². The van der Waals surface area contributed by atoms with Crippen molar-refractivity contribution in [1.82, 2.24) is 4.57 Å². The molecule has 86 valence electrons. The van der Waals surface area contributed by atoms with Gasteiger partial charge in [0.05, 0.1) is 7.11 Å². The van der Waals surface area contributed by atoms with E-state index in [-0.39, 0.29) is 0 Å². The van der Waals surface area contributed by atoms with Crippen molar-refractivity contribution in [3.8, 4) is 5.75 Å². The van der Waals surface area contributed by atoms with Crippen molar-refractivity contribution in [1.29, 1.82) is 0 Å². The number of para-hydroxylation sites is 1. The van der Waals surface area contributed by atoms with Gasteiger partial charge in [-0.1, -0.05) is 18.2 Å². The van der Waals surface area contributed by atoms with Crippen LogP contribution >= 0.6 is 0 Å². The lowest BCUT2D eigenvalue weighted by atomic mass is 10.1. The van der Waals surface area contributed by atoms with Crippen LogP contribution in [0.1, 0.15) is 6.92 Å². The molecule has 1 heterocycles. The number of nitrogens with zero attached hydrogens (tertiary/aromatic N) is 1. The Morgan fingerprint density at radius 1 is 1.00 bits per heavy atom. The summed E-state index contributed by atoms with van der Waals surface area (Å²) in [5, 5.41) is 2.56. The van der Waals surface area contributed by atoms with E-state index >= 15 is 0 Å². The summed E-state index contributed by atoms with van der Waals surface area (Å²) < 4.78 is 7.64. The van der Waals surface area contributed by atoms with Gasteiger partial charge in [-0.25, -0.2) is 0 Å². The molecule has 0 saturated heterocycles. The van der Waals surface area contributed by atoms with Crippen molar-refractivity contribution in [2.24, 2.45) is 0 Å². The molecule has 0 aliphatic carbocycles. The van der Waals surface area contributed by atoms with Crippen LogP contribution in [0.4, 0.5) is 0 Å². The number of ether oxygens (including phenoxy) is 1. The highest BCUT2D eigenvalue weighted by molar-refractivity contribution is 6.08. The second-order valence-electron chi connectivity index (χ2n) is 4.14. The monoisotopic (exact) mass is 225 g/mol. The van der Waals surface area contributed by atoms with Crippen LogP contribution in [0.15, 0.2) is 42.5 Å². The van der Waals surface area contributed by atoms with E-state index in [9.17, 15) is 0 Å². The number of fused-ring (bicyclic) bond motifs is 3. The third-order valence-corrected chi connectivity index (χ3v) is 3.30. The van der Waals surface area contributed by atoms with Crippen molar-refractivity contribution in [3.63, 3.8) is 0 Å². The topological polar surface area (TPSA) is 14.2 Å². The van der Waals surface area contributed by atoms with E-state index in [4.69, 9.17) is 4.74 Å². The highest BCUT2D eigenvalue weighted by Gasteiger charge is 2.09. The highest BCUT2D eigenvalue weighted by Crippen LogP contribution is 2.31. The molecule has 0 aliphatic heterocycles. The lowest BCUT2D eigenvalue weighted by molar-refractivity contribution is 0.415. The standard InChI is InChI=1S/C15H15NO/c1-3-16-14-7-5-4-6-12(14)13-10-11(17-2)8-9-15(13)16/h4-10H,3H2,1-2H3. The van der Waals surface area contributed by atoms with Gasteiger partial charge in [-0.3, -0.25) is 0 Å². The lowest BCUT2D eigenvalue weighted by Gasteiger charge is -2.03. The zero-order chi connectivity index (χ0) is 11.8. The molecule has 2 heteroatoms. The molecule has 1 aromatic heterocycles. The van der Waals surface area contributed by atoms with Gasteiger partial charge in [-0.2, -0.15) is 0 Å². The molecule has 0 N–H and O–H groups in total. The smallest absolute Gasteiger partial charge is 0.119 e. The van der Waals surface area contributed by atoms with E-state index < -0.39 is 0 Å². The Morgan fingerprint density at radius 2 is 1.76 bits per heavy atom. The average Bonchev–Trinajstić information content (AvgIpc) is 2.71. The first-order valence-electron chi connectivity index (χ1n) is 5.90. The molecule has 2 nitrogen and oxygen atoms in total.